The Hall–Kier alpha value is -1.03. The fourth-order valence-electron chi connectivity index (χ4n) is 2.14. The van der Waals surface area contributed by atoms with E-state index in [4.69, 9.17) is 11.6 Å². The predicted octanol–water partition coefficient (Wildman–Crippen LogP) is 4.57. The lowest BCUT2D eigenvalue weighted by molar-refractivity contribution is 0.547. The van der Waals surface area contributed by atoms with Crippen molar-refractivity contribution in [2.24, 2.45) is 0 Å². The molecule has 2 aromatic rings. The lowest BCUT2D eigenvalue weighted by atomic mass is 10.0. The molecular weight excluding hydrogens is 288 g/mol. The van der Waals surface area contributed by atoms with Gasteiger partial charge in [-0.05, 0) is 24.2 Å². The standard InChI is InChI=1S/C16H19ClN2S/c1-3-18-15(13-8-5-4-6-9-13)12(2)20-16-14(17)10-7-11-19-16/h4-12,15,18H,3H2,1-2H3. The molecule has 1 aromatic heterocycles. The van der Waals surface area contributed by atoms with E-state index >= 15 is 0 Å². The van der Waals surface area contributed by atoms with E-state index in [1.165, 1.54) is 5.56 Å². The summed E-state index contributed by atoms with van der Waals surface area (Å²) >= 11 is 7.90. The van der Waals surface area contributed by atoms with Gasteiger partial charge < -0.3 is 5.32 Å². The van der Waals surface area contributed by atoms with Crippen LogP contribution >= 0.6 is 23.4 Å². The molecule has 2 nitrogen and oxygen atoms in total. The predicted molar refractivity (Wildman–Crippen MR) is 87.4 cm³/mol. The van der Waals surface area contributed by atoms with Crippen molar-refractivity contribution in [2.45, 2.75) is 30.2 Å². The SMILES string of the molecule is CCNC(c1ccccc1)C(C)Sc1ncccc1Cl. The minimum absolute atomic E-state index is 0.282. The summed E-state index contributed by atoms with van der Waals surface area (Å²) in [6.45, 7) is 5.26. The zero-order valence-corrected chi connectivity index (χ0v) is 13.3. The second-order valence-electron chi connectivity index (χ2n) is 4.56. The van der Waals surface area contributed by atoms with Gasteiger partial charge in [-0.3, -0.25) is 0 Å². The Bertz CT molecular complexity index is 533. The van der Waals surface area contributed by atoms with E-state index in [2.05, 4.69) is 48.4 Å². The Morgan fingerprint density at radius 2 is 1.95 bits per heavy atom. The molecule has 2 rings (SSSR count). The Labute approximate surface area is 130 Å². The van der Waals surface area contributed by atoms with Crippen molar-refractivity contribution >= 4 is 23.4 Å². The molecule has 0 aliphatic heterocycles. The molecule has 0 amide bonds. The number of hydrogen-bond acceptors (Lipinski definition) is 3. The van der Waals surface area contributed by atoms with Gasteiger partial charge in [0, 0.05) is 17.5 Å². The van der Waals surface area contributed by atoms with Gasteiger partial charge in [-0.25, -0.2) is 4.98 Å². The number of benzene rings is 1. The van der Waals surface area contributed by atoms with E-state index in [9.17, 15) is 0 Å². The zero-order chi connectivity index (χ0) is 14.4. The largest absolute Gasteiger partial charge is 0.309 e. The quantitative estimate of drug-likeness (QED) is 0.792. The molecule has 4 heteroatoms. The van der Waals surface area contributed by atoms with Crippen molar-refractivity contribution in [3.63, 3.8) is 0 Å². The summed E-state index contributed by atoms with van der Waals surface area (Å²) in [5.41, 5.74) is 1.29. The van der Waals surface area contributed by atoms with Gasteiger partial charge in [-0.15, -0.1) is 0 Å². The Kier molecular flexibility index (Phi) is 5.89. The maximum absolute atomic E-state index is 6.19. The first-order valence-electron chi connectivity index (χ1n) is 6.78. The fourth-order valence-corrected chi connectivity index (χ4v) is 3.44. The molecule has 2 unspecified atom stereocenters. The van der Waals surface area contributed by atoms with Crippen molar-refractivity contribution in [3.05, 3.63) is 59.2 Å². The van der Waals surface area contributed by atoms with E-state index < -0.39 is 0 Å². The van der Waals surface area contributed by atoms with Crippen LogP contribution < -0.4 is 5.32 Å². The number of hydrogen-bond donors (Lipinski definition) is 1. The van der Waals surface area contributed by atoms with Crippen molar-refractivity contribution < 1.29 is 0 Å². The van der Waals surface area contributed by atoms with Gasteiger partial charge in [-0.1, -0.05) is 67.5 Å². The summed E-state index contributed by atoms with van der Waals surface area (Å²) in [5.74, 6) is 0. The summed E-state index contributed by atoms with van der Waals surface area (Å²) in [7, 11) is 0. The third-order valence-corrected chi connectivity index (χ3v) is 4.68. The van der Waals surface area contributed by atoms with Crippen LogP contribution in [0.2, 0.25) is 5.02 Å². The van der Waals surface area contributed by atoms with E-state index in [0.29, 0.717) is 10.3 Å². The van der Waals surface area contributed by atoms with Crippen molar-refractivity contribution in [2.75, 3.05) is 6.54 Å². The Balaban J connectivity index is 2.16. The molecule has 0 radical (unpaired) electrons. The Morgan fingerprint density at radius 3 is 2.60 bits per heavy atom. The summed E-state index contributed by atoms with van der Waals surface area (Å²) in [6.07, 6.45) is 1.78. The topological polar surface area (TPSA) is 24.9 Å². The molecule has 2 atom stereocenters. The van der Waals surface area contributed by atoms with Crippen LogP contribution in [-0.2, 0) is 0 Å². The smallest absolute Gasteiger partial charge is 0.115 e. The first kappa shape index (κ1) is 15.4. The van der Waals surface area contributed by atoms with Crippen LogP contribution in [0.5, 0.6) is 0 Å². The summed E-state index contributed by atoms with van der Waals surface area (Å²) in [4.78, 5) is 4.36. The minimum Gasteiger partial charge on any atom is -0.309 e. The molecule has 1 N–H and O–H groups in total. The molecule has 106 valence electrons. The number of aromatic nitrogens is 1. The second kappa shape index (κ2) is 7.67. The molecule has 0 saturated carbocycles. The Morgan fingerprint density at radius 1 is 1.20 bits per heavy atom. The van der Waals surface area contributed by atoms with Crippen molar-refractivity contribution in [1.29, 1.82) is 0 Å². The van der Waals surface area contributed by atoms with Crippen LogP contribution in [0.15, 0.2) is 53.7 Å². The van der Waals surface area contributed by atoms with Gasteiger partial charge in [0.25, 0.3) is 0 Å². The highest BCUT2D eigenvalue weighted by atomic mass is 35.5. The summed E-state index contributed by atoms with van der Waals surface area (Å²) < 4.78 is 0. The van der Waals surface area contributed by atoms with Gasteiger partial charge in [0.1, 0.15) is 5.03 Å². The molecule has 0 saturated heterocycles. The van der Waals surface area contributed by atoms with Crippen LogP contribution in [0.1, 0.15) is 25.5 Å². The second-order valence-corrected chi connectivity index (χ2v) is 6.33. The van der Waals surface area contributed by atoms with Crippen LogP contribution in [0, 0.1) is 0 Å². The van der Waals surface area contributed by atoms with E-state index in [-0.39, 0.29) is 6.04 Å². The van der Waals surface area contributed by atoms with Crippen molar-refractivity contribution in [1.82, 2.24) is 10.3 Å². The zero-order valence-electron chi connectivity index (χ0n) is 11.7. The molecule has 1 aromatic carbocycles. The van der Waals surface area contributed by atoms with Gasteiger partial charge in [0.2, 0.25) is 0 Å². The highest BCUT2D eigenvalue weighted by Gasteiger charge is 2.20. The number of halogens is 1. The normalized spacial score (nSPS) is 13.9. The summed E-state index contributed by atoms with van der Waals surface area (Å²) in [6, 6.07) is 14.5. The van der Waals surface area contributed by atoms with Gasteiger partial charge in [0.05, 0.1) is 5.02 Å². The number of nitrogens with one attached hydrogen (secondary N) is 1. The van der Waals surface area contributed by atoms with E-state index in [1.807, 2.05) is 18.2 Å². The van der Waals surface area contributed by atoms with Crippen LogP contribution in [0.4, 0.5) is 0 Å². The van der Waals surface area contributed by atoms with Gasteiger partial charge in [-0.2, -0.15) is 0 Å². The van der Waals surface area contributed by atoms with E-state index in [0.717, 1.165) is 11.6 Å². The maximum Gasteiger partial charge on any atom is 0.115 e. The highest BCUT2D eigenvalue weighted by molar-refractivity contribution is 8.00. The van der Waals surface area contributed by atoms with Crippen LogP contribution in [-0.4, -0.2) is 16.8 Å². The third kappa shape index (κ3) is 3.98. The maximum atomic E-state index is 6.19. The minimum atomic E-state index is 0.282. The average Bonchev–Trinajstić information content (AvgIpc) is 2.48. The molecule has 1 heterocycles. The van der Waals surface area contributed by atoms with Crippen LogP contribution in [0.3, 0.4) is 0 Å². The van der Waals surface area contributed by atoms with Crippen molar-refractivity contribution in [3.8, 4) is 0 Å². The molecule has 0 fully saturated rings. The highest BCUT2D eigenvalue weighted by Crippen LogP contribution is 2.34. The average molecular weight is 307 g/mol. The number of pyridine rings is 1. The molecule has 0 spiro atoms. The third-order valence-electron chi connectivity index (χ3n) is 3.07. The van der Waals surface area contributed by atoms with E-state index in [1.54, 1.807) is 18.0 Å². The lowest BCUT2D eigenvalue weighted by Gasteiger charge is -2.24. The molecule has 0 aliphatic carbocycles. The molecule has 0 aliphatic rings. The van der Waals surface area contributed by atoms with Gasteiger partial charge >= 0.3 is 0 Å². The lowest BCUT2D eigenvalue weighted by Crippen LogP contribution is -2.28. The number of thioether (sulfide) groups is 1. The number of rotatable bonds is 6. The molecule has 20 heavy (non-hydrogen) atoms. The monoisotopic (exact) mass is 306 g/mol. The first-order valence-corrected chi connectivity index (χ1v) is 8.03. The number of nitrogens with zero attached hydrogens (tertiary/aromatic N) is 1. The van der Waals surface area contributed by atoms with Crippen LogP contribution in [0.25, 0.3) is 0 Å². The molecule has 0 bridgehead atoms. The summed E-state index contributed by atoms with van der Waals surface area (Å²) in [5, 5.41) is 5.49. The molecular formula is C16H19ClN2S. The fraction of sp³-hybridized carbons (Fsp3) is 0.312. The van der Waals surface area contributed by atoms with Gasteiger partial charge in [0.15, 0.2) is 0 Å². The first-order chi connectivity index (χ1) is 9.72.